The molecule has 10 heteroatoms. The Bertz CT molecular complexity index is 1360. The van der Waals surface area contributed by atoms with Crippen LogP contribution in [-0.4, -0.2) is 60.5 Å². The number of hydrogen-bond donors (Lipinski definition) is 3. The van der Waals surface area contributed by atoms with E-state index in [0.29, 0.717) is 36.8 Å². The van der Waals surface area contributed by atoms with Crippen molar-refractivity contribution in [3.05, 3.63) is 69.8 Å². The normalized spacial score (nSPS) is 24.8. The van der Waals surface area contributed by atoms with E-state index < -0.39 is 19.0 Å². The first-order valence-corrected chi connectivity index (χ1v) is 13.4. The highest BCUT2D eigenvalue weighted by Gasteiger charge is 2.57. The molecule has 2 heterocycles. The Hall–Kier alpha value is -2.95. The number of benzene rings is 2. The molecule has 2 aliphatic heterocycles. The van der Waals surface area contributed by atoms with E-state index in [0.717, 1.165) is 28.7 Å². The smallest absolute Gasteiger partial charge is 0.488 e. The summed E-state index contributed by atoms with van der Waals surface area (Å²) >= 11 is 6.26. The summed E-state index contributed by atoms with van der Waals surface area (Å²) in [5, 5.41) is 29.2. The van der Waals surface area contributed by atoms with Gasteiger partial charge in [-0.15, -0.1) is 0 Å². The van der Waals surface area contributed by atoms with Gasteiger partial charge in [0, 0.05) is 13.0 Å². The van der Waals surface area contributed by atoms with Crippen LogP contribution in [0.4, 0.5) is 5.69 Å². The van der Waals surface area contributed by atoms with Crippen LogP contribution in [0.1, 0.15) is 31.7 Å². The Kier molecular flexibility index (Phi) is 7.98. The SMILES string of the molecule is COCC1=C2[C@@H](CC/C(C)=C/c3ccc(O)cc3Cl)OC[C@@H]2[C@@H]2C(=O)N(c3cccc(B(O)O)c3)C(=O)[C@@H]2C1. The zero-order valence-corrected chi connectivity index (χ0v) is 22.6. The Labute approximate surface area is 232 Å². The second kappa shape index (κ2) is 11.3. The van der Waals surface area contributed by atoms with Crippen LogP contribution < -0.4 is 10.4 Å². The number of hydrogen-bond acceptors (Lipinski definition) is 7. The highest BCUT2D eigenvalue weighted by atomic mass is 35.5. The van der Waals surface area contributed by atoms with Crippen molar-refractivity contribution in [3.63, 3.8) is 0 Å². The lowest BCUT2D eigenvalue weighted by atomic mass is 9.69. The van der Waals surface area contributed by atoms with Crippen LogP contribution in [0.2, 0.25) is 5.02 Å². The summed E-state index contributed by atoms with van der Waals surface area (Å²) in [6, 6.07) is 11.1. The molecule has 39 heavy (non-hydrogen) atoms. The van der Waals surface area contributed by atoms with Crippen LogP contribution in [0.15, 0.2) is 59.2 Å². The van der Waals surface area contributed by atoms with Gasteiger partial charge in [-0.3, -0.25) is 14.5 Å². The van der Waals surface area contributed by atoms with Crippen molar-refractivity contribution in [2.75, 3.05) is 25.2 Å². The molecule has 2 aromatic rings. The Balaban J connectivity index is 1.37. The predicted octanol–water partition coefficient (Wildman–Crippen LogP) is 3.08. The molecular weight excluding hydrogens is 521 g/mol. The average Bonchev–Trinajstić information content (AvgIpc) is 3.43. The lowest BCUT2D eigenvalue weighted by molar-refractivity contribution is -0.122. The van der Waals surface area contributed by atoms with Crippen molar-refractivity contribution in [1.29, 1.82) is 0 Å². The zero-order valence-electron chi connectivity index (χ0n) is 21.8. The molecule has 204 valence electrons. The monoisotopic (exact) mass is 551 g/mol. The van der Waals surface area contributed by atoms with Crippen LogP contribution in [0, 0.1) is 17.8 Å². The largest absolute Gasteiger partial charge is 0.508 e. The summed E-state index contributed by atoms with van der Waals surface area (Å²) in [6.07, 6.45) is 3.66. The number of methoxy groups -OCH3 is 1. The van der Waals surface area contributed by atoms with Gasteiger partial charge in [0.15, 0.2) is 0 Å². The molecule has 3 aliphatic rings. The molecule has 0 bridgehead atoms. The minimum absolute atomic E-state index is 0.116. The highest BCUT2D eigenvalue weighted by molar-refractivity contribution is 6.58. The number of anilines is 1. The van der Waals surface area contributed by atoms with E-state index in [2.05, 4.69) is 0 Å². The first kappa shape index (κ1) is 27.6. The van der Waals surface area contributed by atoms with Gasteiger partial charge in [-0.2, -0.15) is 0 Å². The molecule has 0 radical (unpaired) electrons. The molecule has 2 fully saturated rings. The Morgan fingerprint density at radius 3 is 2.69 bits per heavy atom. The summed E-state index contributed by atoms with van der Waals surface area (Å²) in [6.45, 7) is 2.73. The van der Waals surface area contributed by atoms with Gasteiger partial charge in [-0.1, -0.05) is 35.4 Å². The molecule has 8 nitrogen and oxygen atoms in total. The molecule has 2 aromatic carbocycles. The van der Waals surface area contributed by atoms with Crippen molar-refractivity contribution >= 4 is 47.8 Å². The number of carbonyl (C=O) groups is 2. The first-order chi connectivity index (χ1) is 18.7. The number of amides is 2. The van der Waals surface area contributed by atoms with Gasteiger partial charge in [0.2, 0.25) is 11.8 Å². The molecule has 2 amide bonds. The molecule has 5 rings (SSSR count). The summed E-state index contributed by atoms with van der Waals surface area (Å²) in [5.74, 6) is -1.72. The third-order valence-corrected chi connectivity index (χ3v) is 8.27. The third-order valence-electron chi connectivity index (χ3n) is 7.94. The fourth-order valence-corrected chi connectivity index (χ4v) is 6.42. The van der Waals surface area contributed by atoms with E-state index in [1.165, 1.54) is 23.1 Å². The number of aromatic hydroxyl groups is 1. The van der Waals surface area contributed by atoms with E-state index in [-0.39, 0.29) is 35.0 Å². The fraction of sp³-hybridized carbons (Fsp3) is 0.379. The predicted molar refractivity (Wildman–Crippen MR) is 148 cm³/mol. The van der Waals surface area contributed by atoms with E-state index >= 15 is 0 Å². The van der Waals surface area contributed by atoms with Crippen molar-refractivity contribution in [3.8, 4) is 5.75 Å². The molecule has 3 N–H and O–H groups in total. The van der Waals surface area contributed by atoms with Crippen molar-refractivity contribution in [2.24, 2.45) is 17.8 Å². The molecule has 2 saturated heterocycles. The van der Waals surface area contributed by atoms with Crippen LogP contribution >= 0.6 is 11.6 Å². The standard InChI is InChI=1S/C29H31BClNO7/c1-16(10-17-7-8-21(33)13-24(17)31)6-9-25-26-18(14-38-2)11-22-27(23(26)15-39-25)29(35)32(28(22)34)20-5-3-4-19(12-20)30(36)37/h3-5,7-8,10,12-13,22-23,25,27,33,36-37H,6,9,11,14-15H2,1-2H3/b16-10+/t22-,23+,25-,27-/m1/s1. The molecule has 0 unspecified atom stereocenters. The Morgan fingerprint density at radius 2 is 1.97 bits per heavy atom. The van der Waals surface area contributed by atoms with Gasteiger partial charge in [-0.25, -0.2) is 0 Å². The Morgan fingerprint density at radius 1 is 1.18 bits per heavy atom. The maximum Gasteiger partial charge on any atom is 0.488 e. The van der Waals surface area contributed by atoms with E-state index in [4.69, 9.17) is 21.1 Å². The second-order valence-electron chi connectivity index (χ2n) is 10.5. The number of carbonyl (C=O) groups excluding carboxylic acids is 2. The molecule has 4 atom stereocenters. The number of phenolic OH excluding ortho intramolecular Hbond substituents is 1. The maximum atomic E-state index is 13.7. The number of phenols is 1. The number of rotatable bonds is 8. The van der Waals surface area contributed by atoms with Gasteiger partial charge in [0.1, 0.15) is 5.75 Å². The van der Waals surface area contributed by atoms with Crippen LogP contribution in [0.3, 0.4) is 0 Å². The van der Waals surface area contributed by atoms with Gasteiger partial charge < -0.3 is 24.6 Å². The number of nitrogens with zero attached hydrogens (tertiary/aromatic N) is 1. The summed E-state index contributed by atoms with van der Waals surface area (Å²) < 4.78 is 11.8. The summed E-state index contributed by atoms with van der Waals surface area (Å²) in [7, 11) is -0.0823. The first-order valence-electron chi connectivity index (χ1n) is 13.0. The van der Waals surface area contributed by atoms with Crippen molar-refractivity contribution < 1.29 is 34.2 Å². The van der Waals surface area contributed by atoms with Gasteiger partial charge >= 0.3 is 7.12 Å². The molecule has 0 spiro atoms. The molecule has 0 saturated carbocycles. The van der Waals surface area contributed by atoms with Crippen LogP contribution in [-0.2, 0) is 19.1 Å². The average molecular weight is 552 g/mol. The zero-order chi connectivity index (χ0) is 27.8. The van der Waals surface area contributed by atoms with E-state index in [1.54, 1.807) is 31.4 Å². The van der Waals surface area contributed by atoms with E-state index in [1.807, 2.05) is 13.0 Å². The summed E-state index contributed by atoms with van der Waals surface area (Å²) in [4.78, 5) is 28.4. The number of imide groups is 1. The minimum Gasteiger partial charge on any atom is -0.508 e. The number of fused-ring (bicyclic) bond motifs is 3. The van der Waals surface area contributed by atoms with Crippen molar-refractivity contribution in [2.45, 2.75) is 32.3 Å². The van der Waals surface area contributed by atoms with Gasteiger partial charge in [-0.05, 0) is 78.7 Å². The van der Waals surface area contributed by atoms with Gasteiger partial charge in [0.05, 0.1) is 41.9 Å². The molecule has 0 aromatic heterocycles. The summed E-state index contributed by atoms with van der Waals surface area (Å²) in [5.41, 5.74) is 4.55. The van der Waals surface area contributed by atoms with Crippen LogP contribution in [0.5, 0.6) is 5.75 Å². The third kappa shape index (κ3) is 5.29. The fourth-order valence-electron chi connectivity index (χ4n) is 6.19. The minimum atomic E-state index is -1.70. The lowest BCUT2D eigenvalue weighted by Crippen LogP contribution is -2.36. The van der Waals surface area contributed by atoms with E-state index in [9.17, 15) is 24.7 Å². The molecular formula is C29H31BClNO7. The highest BCUT2D eigenvalue weighted by Crippen LogP contribution is 2.50. The van der Waals surface area contributed by atoms with Gasteiger partial charge in [0.25, 0.3) is 0 Å². The quantitative estimate of drug-likeness (QED) is 0.262. The lowest BCUT2D eigenvalue weighted by Gasteiger charge is -2.31. The number of allylic oxidation sites excluding steroid dienone is 1. The molecule has 1 aliphatic carbocycles. The number of halogens is 1. The van der Waals surface area contributed by atoms with Crippen LogP contribution in [0.25, 0.3) is 6.08 Å². The van der Waals surface area contributed by atoms with Crippen molar-refractivity contribution in [1.82, 2.24) is 0 Å². The number of ether oxygens (including phenoxy) is 2. The topological polar surface area (TPSA) is 117 Å². The second-order valence-corrected chi connectivity index (χ2v) is 10.9. The maximum absolute atomic E-state index is 13.7.